The van der Waals surface area contributed by atoms with E-state index >= 15 is 0 Å². The van der Waals surface area contributed by atoms with Crippen LogP contribution in [0.25, 0.3) is 0 Å². The van der Waals surface area contributed by atoms with Gasteiger partial charge in [-0.1, -0.05) is 13.8 Å². The number of carbonyl (C=O) groups is 1. The summed E-state index contributed by atoms with van der Waals surface area (Å²) >= 11 is 7.49. The molecule has 15 heavy (non-hydrogen) atoms. The normalized spacial score (nSPS) is 21.7. The maximum Gasteiger partial charge on any atom is 0.233 e. The molecule has 0 aromatic heterocycles. The molecule has 1 amide bonds. The molecule has 0 radical (unpaired) electrons. The first kappa shape index (κ1) is 13.2. The summed E-state index contributed by atoms with van der Waals surface area (Å²) in [5, 5.41) is 3.22. The lowest BCUT2D eigenvalue weighted by molar-refractivity contribution is -0.121. The number of hydrogen-bond donors (Lipinski definition) is 1. The van der Waals surface area contributed by atoms with Gasteiger partial charge in [0.15, 0.2) is 0 Å². The molecule has 1 aliphatic rings. The van der Waals surface area contributed by atoms with Crippen LogP contribution >= 0.6 is 23.4 Å². The van der Waals surface area contributed by atoms with Crippen LogP contribution in [0.15, 0.2) is 0 Å². The van der Waals surface area contributed by atoms with Gasteiger partial charge in [0.1, 0.15) is 0 Å². The summed E-state index contributed by atoms with van der Waals surface area (Å²) in [5.41, 5.74) is 0.112. The first-order valence-corrected chi connectivity index (χ1v) is 7.09. The highest BCUT2D eigenvalue weighted by molar-refractivity contribution is 8.00. The quantitative estimate of drug-likeness (QED) is 0.759. The Morgan fingerprint density at radius 1 is 1.60 bits per heavy atom. The first-order valence-electron chi connectivity index (χ1n) is 5.50. The summed E-state index contributed by atoms with van der Waals surface area (Å²) in [6, 6.07) is 0. The van der Waals surface area contributed by atoms with Crippen LogP contribution in [0.3, 0.4) is 0 Å². The van der Waals surface area contributed by atoms with Crippen LogP contribution in [0.4, 0.5) is 0 Å². The lowest BCUT2D eigenvalue weighted by Gasteiger charge is -2.24. The van der Waals surface area contributed by atoms with Crippen molar-refractivity contribution in [1.29, 1.82) is 0 Å². The molecule has 0 aromatic carbocycles. The SMILES string of the molecule is CC(C)(CCCl)CNC(=O)C1CCCS1. The molecule has 1 rings (SSSR count). The molecule has 0 saturated carbocycles. The Morgan fingerprint density at radius 3 is 2.87 bits per heavy atom. The summed E-state index contributed by atoms with van der Waals surface area (Å²) in [6.07, 6.45) is 3.15. The van der Waals surface area contributed by atoms with Gasteiger partial charge in [-0.15, -0.1) is 23.4 Å². The predicted octanol–water partition coefficient (Wildman–Crippen LogP) is 2.65. The summed E-state index contributed by atoms with van der Waals surface area (Å²) in [5.74, 6) is 1.99. The van der Waals surface area contributed by atoms with Gasteiger partial charge >= 0.3 is 0 Å². The van der Waals surface area contributed by atoms with Crippen LogP contribution < -0.4 is 5.32 Å². The van der Waals surface area contributed by atoms with E-state index in [4.69, 9.17) is 11.6 Å². The fourth-order valence-corrected chi connectivity index (χ4v) is 3.27. The first-order chi connectivity index (χ1) is 7.05. The minimum atomic E-state index is 0.112. The third-order valence-electron chi connectivity index (χ3n) is 2.73. The van der Waals surface area contributed by atoms with Crippen LogP contribution in [-0.2, 0) is 4.79 Å². The number of carbonyl (C=O) groups excluding carboxylic acids is 1. The van der Waals surface area contributed by atoms with E-state index in [2.05, 4.69) is 19.2 Å². The van der Waals surface area contributed by atoms with Crippen LogP contribution in [0.5, 0.6) is 0 Å². The van der Waals surface area contributed by atoms with Crippen LogP contribution in [0, 0.1) is 5.41 Å². The van der Waals surface area contributed by atoms with Crippen molar-refractivity contribution < 1.29 is 4.79 Å². The number of rotatable bonds is 5. The molecule has 1 saturated heterocycles. The maximum atomic E-state index is 11.7. The van der Waals surface area contributed by atoms with Crippen molar-refractivity contribution in [2.75, 3.05) is 18.2 Å². The Bertz CT molecular complexity index is 215. The van der Waals surface area contributed by atoms with Crippen molar-refractivity contribution in [1.82, 2.24) is 5.32 Å². The largest absolute Gasteiger partial charge is 0.355 e. The number of amides is 1. The molecule has 1 heterocycles. The van der Waals surface area contributed by atoms with Crippen molar-refractivity contribution >= 4 is 29.3 Å². The standard InChI is InChI=1S/C11H20ClNOS/c1-11(2,5-6-12)8-13-10(14)9-4-3-7-15-9/h9H,3-8H2,1-2H3,(H,13,14). The van der Waals surface area contributed by atoms with Crippen molar-refractivity contribution in [3.8, 4) is 0 Å². The van der Waals surface area contributed by atoms with Gasteiger partial charge in [-0.05, 0) is 30.4 Å². The predicted molar refractivity (Wildman–Crippen MR) is 67.6 cm³/mol. The Hall–Kier alpha value is 0.110. The summed E-state index contributed by atoms with van der Waals surface area (Å²) in [6.45, 7) is 5.00. The van der Waals surface area contributed by atoms with E-state index in [1.165, 1.54) is 6.42 Å². The zero-order chi connectivity index (χ0) is 11.3. The second-order valence-corrected chi connectivity index (χ2v) is 6.51. The number of hydrogen-bond acceptors (Lipinski definition) is 2. The lowest BCUT2D eigenvalue weighted by atomic mass is 9.90. The monoisotopic (exact) mass is 249 g/mol. The Kier molecular flexibility index (Phi) is 5.27. The highest BCUT2D eigenvalue weighted by Gasteiger charge is 2.25. The molecule has 1 N–H and O–H groups in total. The minimum absolute atomic E-state index is 0.112. The number of alkyl halides is 1. The fourth-order valence-electron chi connectivity index (χ4n) is 1.57. The Labute approximate surface area is 102 Å². The molecule has 0 aliphatic carbocycles. The van der Waals surface area contributed by atoms with E-state index in [0.717, 1.165) is 25.1 Å². The Balaban J connectivity index is 2.26. The van der Waals surface area contributed by atoms with Gasteiger partial charge in [-0.25, -0.2) is 0 Å². The third kappa shape index (κ3) is 4.64. The topological polar surface area (TPSA) is 29.1 Å². The van der Waals surface area contributed by atoms with Crippen molar-refractivity contribution in [3.63, 3.8) is 0 Å². The van der Waals surface area contributed by atoms with Crippen molar-refractivity contribution in [3.05, 3.63) is 0 Å². The molecule has 1 atom stereocenters. The highest BCUT2D eigenvalue weighted by atomic mass is 35.5. The maximum absolute atomic E-state index is 11.7. The average Bonchev–Trinajstić information content (AvgIpc) is 2.67. The van der Waals surface area contributed by atoms with Gasteiger partial charge in [0.05, 0.1) is 5.25 Å². The van der Waals surface area contributed by atoms with Gasteiger partial charge in [-0.2, -0.15) is 0 Å². The smallest absolute Gasteiger partial charge is 0.233 e. The second kappa shape index (κ2) is 6.00. The van der Waals surface area contributed by atoms with Crippen LogP contribution in [-0.4, -0.2) is 29.3 Å². The number of nitrogens with one attached hydrogen (secondary N) is 1. The van der Waals surface area contributed by atoms with E-state index < -0.39 is 0 Å². The van der Waals surface area contributed by atoms with Gasteiger partial charge < -0.3 is 5.32 Å². The zero-order valence-corrected chi connectivity index (χ0v) is 11.1. The third-order valence-corrected chi connectivity index (χ3v) is 4.30. The van der Waals surface area contributed by atoms with Gasteiger partial charge in [0.2, 0.25) is 5.91 Å². The van der Waals surface area contributed by atoms with Crippen LogP contribution in [0.1, 0.15) is 33.1 Å². The average molecular weight is 250 g/mol. The summed E-state index contributed by atoms with van der Waals surface area (Å²) in [4.78, 5) is 11.7. The van der Waals surface area contributed by atoms with E-state index in [9.17, 15) is 4.79 Å². The van der Waals surface area contributed by atoms with E-state index in [0.29, 0.717) is 5.88 Å². The number of halogens is 1. The zero-order valence-electron chi connectivity index (χ0n) is 9.51. The Morgan fingerprint density at radius 2 is 2.33 bits per heavy atom. The molecule has 0 bridgehead atoms. The molecule has 0 aromatic rings. The van der Waals surface area contributed by atoms with E-state index in [1.54, 1.807) is 11.8 Å². The molecule has 4 heteroatoms. The molecule has 2 nitrogen and oxygen atoms in total. The fraction of sp³-hybridized carbons (Fsp3) is 0.909. The molecule has 1 unspecified atom stereocenters. The van der Waals surface area contributed by atoms with Gasteiger partial charge in [0.25, 0.3) is 0 Å². The van der Waals surface area contributed by atoms with Gasteiger partial charge in [-0.3, -0.25) is 4.79 Å². The van der Waals surface area contributed by atoms with Crippen molar-refractivity contribution in [2.24, 2.45) is 5.41 Å². The highest BCUT2D eigenvalue weighted by Crippen LogP contribution is 2.26. The molecule has 88 valence electrons. The van der Waals surface area contributed by atoms with Crippen molar-refractivity contribution in [2.45, 2.75) is 38.4 Å². The molecule has 1 aliphatic heterocycles. The summed E-state index contributed by atoms with van der Waals surface area (Å²) < 4.78 is 0. The van der Waals surface area contributed by atoms with E-state index in [1.807, 2.05) is 0 Å². The second-order valence-electron chi connectivity index (χ2n) is 4.82. The summed E-state index contributed by atoms with van der Waals surface area (Å²) in [7, 11) is 0. The minimum Gasteiger partial charge on any atom is -0.355 e. The molecular formula is C11H20ClNOS. The number of thioether (sulfide) groups is 1. The molecular weight excluding hydrogens is 230 g/mol. The van der Waals surface area contributed by atoms with Crippen LogP contribution in [0.2, 0.25) is 0 Å². The van der Waals surface area contributed by atoms with E-state index in [-0.39, 0.29) is 16.6 Å². The lowest BCUT2D eigenvalue weighted by Crippen LogP contribution is -2.38. The molecule has 0 spiro atoms. The van der Waals surface area contributed by atoms with Gasteiger partial charge in [0, 0.05) is 12.4 Å². The molecule has 1 fully saturated rings.